The van der Waals surface area contributed by atoms with Crippen LogP contribution in [0.15, 0.2) is 36.4 Å². The van der Waals surface area contributed by atoms with Gasteiger partial charge in [-0.3, -0.25) is 0 Å². The number of aryl methyl sites for hydroxylation is 1. The van der Waals surface area contributed by atoms with E-state index in [4.69, 9.17) is 28.3 Å². The molecule has 4 rings (SSSR count). The topological polar surface area (TPSA) is 29.9 Å². The molecule has 0 radical (unpaired) electrons. The number of aromatic nitrogens is 2. The first kappa shape index (κ1) is 15.6. The molecular formula is C19H17Cl2N3. The van der Waals surface area contributed by atoms with Crippen LogP contribution in [0.2, 0.25) is 10.0 Å². The standard InChI is InChI=1S/C19H17Cl2N3/c1-11-4-3-5-17(12(11)2)24-19-14(8-9-22-19)18(23-24)13-6-7-15(20)16(21)10-13/h3-7,10,22H,8-9H2,1-2H3. The molecule has 0 fully saturated rings. The quantitative estimate of drug-likeness (QED) is 0.662. The van der Waals surface area contributed by atoms with Crippen LogP contribution >= 0.6 is 23.2 Å². The van der Waals surface area contributed by atoms with E-state index < -0.39 is 0 Å². The zero-order chi connectivity index (χ0) is 16.8. The zero-order valence-corrected chi connectivity index (χ0v) is 15.0. The van der Waals surface area contributed by atoms with E-state index in [1.807, 2.05) is 22.9 Å². The van der Waals surface area contributed by atoms with Gasteiger partial charge in [0.2, 0.25) is 0 Å². The molecule has 24 heavy (non-hydrogen) atoms. The summed E-state index contributed by atoms with van der Waals surface area (Å²) >= 11 is 12.3. The summed E-state index contributed by atoms with van der Waals surface area (Å²) in [7, 11) is 0. The van der Waals surface area contributed by atoms with Gasteiger partial charge in [-0.2, -0.15) is 5.10 Å². The Morgan fingerprint density at radius 3 is 2.71 bits per heavy atom. The van der Waals surface area contributed by atoms with E-state index in [2.05, 4.69) is 37.4 Å². The van der Waals surface area contributed by atoms with Crippen molar-refractivity contribution in [2.24, 2.45) is 0 Å². The lowest BCUT2D eigenvalue weighted by atomic mass is 10.1. The number of halogens is 2. The molecule has 0 aliphatic carbocycles. The summed E-state index contributed by atoms with van der Waals surface area (Å²) in [5.74, 6) is 1.07. The average Bonchev–Trinajstić information content (AvgIpc) is 3.15. The number of nitrogens with one attached hydrogen (secondary N) is 1. The summed E-state index contributed by atoms with van der Waals surface area (Å²) in [6.45, 7) is 5.18. The first-order chi connectivity index (χ1) is 11.6. The van der Waals surface area contributed by atoms with Gasteiger partial charge < -0.3 is 5.32 Å². The fraction of sp³-hybridized carbons (Fsp3) is 0.211. The molecular weight excluding hydrogens is 341 g/mol. The maximum absolute atomic E-state index is 6.20. The fourth-order valence-corrected chi connectivity index (χ4v) is 3.49. The number of hydrogen-bond acceptors (Lipinski definition) is 2. The maximum Gasteiger partial charge on any atom is 0.133 e. The van der Waals surface area contributed by atoms with Gasteiger partial charge in [-0.05, 0) is 49.6 Å². The number of anilines is 1. The van der Waals surface area contributed by atoms with Gasteiger partial charge in [-0.1, -0.05) is 41.4 Å². The molecule has 2 aromatic carbocycles. The molecule has 122 valence electrons. The summed E-state index contributed by atoms with van der Waals surface area (Å²) < 4.78 is 2.02. The average molecular weight is 358 g/mol. The van der Waals surface area contributed by atoms with E-state index in [1.165, 1.54) is 16.7 Å². The van der Waals surface area contributed by atoms with Crippen LogP contribution in [-0.2, 0) is 6.42 Å². The van der Waals surface area contributed by atoms with Crippen molar-refractivity contribution >= 4 is 29.0 Å². The maximum atomic E-state index is 6.20. The van der Waals surface area contributed by atoms with Crippen LogP contribution in [0.4, 0.5) is 5.82 Å². The van der Waals surface area contributed by atoms with Gasteiger partial charge in [0, 0.05) is 17.7 Å². The van der Waals surface area contributed by atoms with E-state index in [1.54, 1.807) is 0 Å². The van der Waals surface area contributed by atoms with Gasteiger partial charge in [-0.15, -0.1) is 0 Å². The second-order valence-electron chi connectivity index (χ2n) is 6.11. The molecule has 3 nitrogen and oxygen atoms in total. The van der Waals surface area contributed by atoms with Crippen molar-refractivity contribution in [3.63, 3.8) is 0 Å². The molecule has 0 atom stereocenters. The summed E-state index contributed by atoms with van der Waals surface area (Å²) in [6.07, 6.45) is 0.954. The Bertz CT molecular complexity index is 944. The van der Waals surface area contributed by atoms with Crippen molar-refractivity contribution in [3.05, 3.63) is 63.1 Å². The van der Waals surface area contributed by atoms with Gasteiger partial charge in [0.05, 0.1) is 21.4 Å². The Labute approximate surface area is 151 Å². The molecule has 0 saturated carbocycles. The first-order valence-electron chi connectivity index (χ1n) is 7.94. The third-order valence-electron chi connectivity index (χ3n) is 4.65. The molecule has 0 unspecified atom stereocenters. The van der Waals surface area contributed by atoms with Gasteiger partial charge in [0.15, 0.2) is 0 Å². The largest absolute Gasteiger partial charge is 0.369 e. The van der Waals surface area contributed by atoms with Gasteiger partial charge >= 0.3 is 0 Å². The Morgan fingerprint density at radius 2 is 1.92 bits per heavy atom. The van der Waals surface area contributed by atoms with Gasteiger partial charge in [0.25, 0.3) is 0 Å². The van der Waals surface area contributed by atoms with Crippen LogP contribution in [0.3, 0.4) is 0 Å². The normalized spacial score (nSPS) is 13.0. The van der Waals surface area contributed by atoms with Crippen LogP contribution < -0.4 is 5.32 Å². The number of rotatable bonds is 2. The van der Waals surface area contributed by atoms with E-state index in [0.717, 1.165) is 35.7 Å². The molecule has 0 amide bonds. The lowest BCUT2D eigenvalue weighted by Crippen LogP contribution is -2.06. The number of nitrogens with zero attached hydrogens (tertiary/aromatic N) is 2. The van der Waals surface area contributed by atoms with Crippen LogP contribution in [-0.4, -0.2) is 16.3 Å². The molecule has 0 bridgehead atoms. The van der Waals surface area contributed by atoms with E-state index in [0.29, 0.717) is 10.0 Å². The minimum absolute atomic E-state index is 0.551. The molecule has 1 aliphatic heterocycles. The smallest absolute Gasteiger partial charge is 0.133 e. The van der Waals surface area contributed by atoms with Crippen molar-refractivity contribution in [1.29, 1.82) is 0 Å². The van der Waals surface area contributed by atoms with E-state index >= 15 is 0 Å². The van der Waals surface area contributed by atoms with Crippen molar-refractivity contribution in [3.8, 4) is 16.9 Å². The van der Waals surface area contributed by atoms with Crippen LogP contribution in [0, 0.1) is 13.8 Å². The Morgan fingerprint density at radius 1 is 1.08 bits per heavy atom. The summed E-state index contributed by atoms with van der Waals surface area (Å²) in [5, 5.41) is 9.48. The number of benzene rings is 2. The van der Waals surface area contributed by atoms with E-state index in [9.17, 15) is 0 Å². The molecule has 1 aromatic heterocycles. The number of fused-ring (bicyclic) bond motifs is 1. The van der Waals surface area contributed by atoms with Crippen molar-refractivity contribution < 1.29 is 0 Å². The summed E-state index contributed by atoms with van der Waals surface area (Å²) in [4.78, 5) is 0. The lowest BCUT2D eigenvalue weighted by molar-refractivity contribution is 0.873. The third-order valence-corrected chi connectivity index (χ3v) is 5.39. The molecule has 0 saturated heterocycles. The van der Waals surface area contributed by atoms with Crippen LogP contribution in [0.25, 0.3) is 16.9 Å². The molecule has 5 heteroatoms. The van der Waals surface area contributed by atoms with E-state index in [-0.39, 0.29) is 0 Å². The second kappa shape index (κ2) is 5.83. The monoisotopic (exact) mass is 357 g/mol. The Balaban J connectivity index is 1.92. The first-order valence-corrected chi connectivity index (χ1v) is 8.69. The van der Waals surface area contributed by atoms with Crippen molar-refractivity contribution in [2.45, 2.75) is 20.3 Å². The minimum Gasteiger partial charge on any atom is -0.369 e. The van der Waals surface area contributed by atoms with Gasteiger partial charge in [-0.25, -0.2) is 4.68 Å². The third kappa shape index (κ3) is 2.40. The number of hydrogen-bond donors (Lipinski definition) is 1. The second-order valence-corrected chi connectivity index (χ2v) is 6.93. The van der Waals surface area contributed by atoms with Gasteiger partial charge in [0.1, 0.15) is 5.82 Å². The predicted molar refractivity (Wildman–Crippen MR) is 101 cm³/mol. The molecule has 2 heterocycles. The molecule has 1 N–H and O–H groups in total. The summed E-state index contributed by atoms with van der Waals surface area (Å²) in [6, 6.07) is 12.0. The predicted octanol–water partition coefficient (Wildman–Crippen LogP) is 5.43. The highest BCUT2D eigenvalue weighted by Gasteiger charge is 2.24. The Kier molecular flexibility index (Phi) is 3.78. The lowest BCUT2D eigenvalue weighted by Gasteiger charge is -2.11. The summed E-state index contributed by atoms with van der Waals surface area (Å²) in [5.41, 5.74) is 6.78. The van der Waals surface area contributed by atoms with Crippen LogP contribution in [0.1, 0.15) is 16.7 Å². The fourth-order valence-electron chi connectivity index (χ4n) is 3.19. The Hall–Kier alpha value is -1.97. The van der Waals surface area contributed by atoms with Crippen molar-refractivity contribution in [1.82, 2.24) is 9.78 Å². The highest BCUT2D eigenvalue weighted by atomic mass is 35.5. The highest BCUT2D eigenvalue weighted by Crippen LogP contribution is 2.37. The zero-order valence-electron chi connectivity index (χ0n) is 13.5. The molecule has 1 aliphatic rings. The highest BCUT2D eigenvalue weighted by molar-refractivity contribution is 6.42. The molecule has 0 spiro atoms. The van der Waals surface area contributed by atoms with Crippen molar-refractivity contribution in [2.75, 3.05) is 11.9 Å². The molecule has 3 aromatic rings. The SMILES string of the molecule is Cc1cccc(-n2nc(-c3ccc(Cl)c(Cl)c3)c3c2NCC3)c1C. The van der Waals surface area contributed by atoms with Crippen LogP contribution in [0.5, 0.6) is 0 Å². The minimum atomic E-state index is 0.551.